The minimum Gasteiger partial charge on any atom is -0.367 e. The first-order chi connectivity index (χ1) is 16.9. The highest BCUT2D eigenvalue weighted by Gasteiger charge is 2.46. The molecule has 0 saturated carbocycles. The average Bonchev–Trinajstić information content (AvgIpc) is 3.11. The van der Waals surface area contributed by atoms with Gasteiger partial charge in [0.05, 0.1) is 16.8 Å². The number of piperidine rings is 1. The molecule has 12 heteroatoms. The standard InChI is InChI=1S/C23H27N7O5/c24-27-25-10-3-1-2-7-19(32)29-13-11-28(12-14-29)16-6-4-5-15-20(16)23(35)30(22(15)34)17-8-9-18(31)26-21(17)33/h4-6,17H,1-3,7-14H2,(H,26,31,33). The SMILES string of the molecule is [N-]=[N+]=NCCCCCC(=O)N1CCN(c2cccc3c2C(=O)N(C2CCC(=O)NC2=O)C3=O)CC1. The van der Waals surface area contributed by atoms with Crippen LogP contribution in [0.5, 0.6) is 0 Å². The van der Waals surface area contributed by atoms with E-state index in [1.54, 1.807) is 23.1 Å². The summed E-state index contributed by atoms with van der Waals surface area (Å²) in [6, 6.07) is 4.06. The molecule has 5 amide bonds. The number of unbranched alkanes of at least 4 members (excludes halogenated alkanes) is 2. The lowest BCUT2D eigenvalue weighted by atomic mass is 10.0. The Morgan fingerprint density at radius 2 is 1.83 bits per heavy atom. The molecule has 3 aliphatic heterocycles. The number of anilines is 1. The number of carbonyl (C=O) groups excluding carboxylic acids is 5. The Kier molecular flexibility index (Phi) is 7.31. The van der Waals surface area contributed by atoms with Gasteiger partial charge in [0, 0.05) is 50.5 Å². The van der Waals surface area contributed by atoms with Gasteiger partial charge in [-0.1, -0.05) is 17.6 Å². The maximum atomic E-state index is 13.3. The van der Waals surface area contributed by atoms with Crippen LogP contribution < -0.4 is 10.2 Å². The van der Waals surface area contributed by atoms with Crippen molar-refractivity contribution >= 4 is 35.2 Å². The number of hydrogen-bond acceptors (Lipinski definition) is 7. The van der Waals surface area contributed by atoms with Crippen molar-refractivity contribution in [1.82, 2.24) is 15.1 Å². The predicted molar refractivity (Wildman–Crippen MR) is 124 cm³/mol. The molecule has 3 aliphatic rings. The number of azide groups is 1. The molecule has 0 aliphatic carbocycles. The Labute approximate surface area is 201 Å². The average molecular weight is 482 g/mol. The van der Waals surface area contributed by atoms with Crippen molar-refractivity contribution in [1.29, 1.82) is 0 Å². The van der Waals surface area contributed by atoms with Crippen LogP contribution >= 0.6 is 0 Å². The number of amides is 5. The Morgan fingerprint density at radius 3 is 2.54 bits per heavy atom. The first-order valence-electron chi connectivity index (χ1n) is 11.8. The molecule has 1 aromatic carbocycles. The maximum absolute atomic E-state index is 13.3. The normalized spacial score (nSPS) is 20.0. The summed E-state index contributed by atoms with van der Waals surface area (Å²) in [5, 5.41) is 5.69. The van der Waals surface area contributed by atoms with Crippen molar-refractivity contribution in [3.05, 3.63) is 39.8 Å². The van der Waals surface area contributed by atoms with Crippen molar-refractivity contribution in [3.8, 4) is 0 Å². The van der Waals surface area contributed by atoms with Crippen molar-refractivity contribution in [2.45, 2.75) is 44.6 Å². The Morgan fingerprint density at radius 1 is 1.06 bits per heavy atom. The zero-order chi connectivity index (χ0) is 24.9. The summed E-state index contributed by atoms with van der Waals surface area (Å²) in [4.78, 5) is 70.2. The fourth-order valence-electron chi connectivity index (χ4n) is 4.80. The number of piperazine rings is 1. The van der Waals surface area contributed by atoms with Crippen LogP contribution in [0.25, 0.3) is 10.4 Å². The fourth-order valence-corrected chi connectivity index (χ4v) is 4.80. The molecule has 2 saturated heterocycles. The van der Waals surface area contributed by atoms with Crippen molar-refractivity contribution in [2.24, 2.45) is 5.11 Å². The first-order valence-corrected chi connectivity index (χ1v) is 11.8. The van der Waals surface area contributed by atoms with Gasteiger partial charge < -0.3 is 9.80 Å². The van der Waals surface area contributed by atoms with E-state index in [0.717, 1.165) is 24.2 Å². The van der Waals surface area contributed by atoms with E-state index >= 15 is 0 Å². The third kappa shape index (κ3) is 4.97. The topological polar surface area (TPSA) is 156 Å². The number of fused-ring (bicyclic) bond motifs is 1. The third-order valence-corrected chi connectivity index (χ3v) is 6.63. The maximum Gasteiger partial charge on any atom is 0.264 e. The van der Waals surface area contributed by atoms with Crippen LogP contribution in [0.2, 0.25) is 0 Å². The number of imide groups is 2. The summed E-state index contributed by atoms with van der Waals surface area (Å²) in [6.07, 6.45) is 2.93. The lowest BCUT2D eigenvalue weighted by molar-refractivity contribution is -0.136. The highest BCUT2D eigenvalue weighted by molar-refractivity contribution is 6.25. The van der Waals surface area contributed by atoms with Gasteiger partial charge in [0.2, 0.25) is 17.7 Å². The molecular weight excluding hydrogens is 454 g/mol. The van der Waals surface area contributed by atoms with E-state index in [4.69, 9.17) is 5.53 Å². The van der Waals surface area contributed by atoms with Gasteiger partial charge in [0.15, 0.2) is 0 Å². The number of rotatable bonds is 8. The molecule has 1 aromatic rings. The molecule has 1 atom stereocenters. The monoisotopic (exact) mass is 481 g/mol. The van der Waals surface area contributed by atoms with Gasteiger partial charge in [-0.2, -0.15) is 0 Å². The molecule has 0 bridgehead atoms. The van der Waals surface area contributed by atoms with Crippen LogP contribution in [0, 0.1) is 0 Å². The number of carbonyl (C=O) groups is 5. The zero-order valence-electron chi connectivity index (χ0n) is 19.3. The molecule has 0 aromatic heterocycles. The Hall–Kier alpha value is -3.92. The number of hydrogen-bond donors (Lipinski definition) is 1. The van der Waals surface area contributed by atoms with Crippen LogP contribution in [0.15, 0.2) is 23.3 Å². The second kappa shape index (κ2) is 10.6. The minimum absolute atomic E-state index is 0.0699. The van der Waals surface area contributed by atoms with E-state index < -0.39 is 29.7 Å². The predicted octanol–water partition coefficient (Wildman–Crippen LogP) is 1.61. The van der Waals surface area contributed by atoms with Gasteiger partial charge in [-0.25, -0.2) is 0 Å². The molecule has 0 radical (unpaired) electrons. The molecular formula is C23H27N7O5. The lowest BCUT2D eigenvalue weighted by Crippen LogP contribution is -2.54. The molecule has 12 nitrogen and oxygen atoms in total. The van der Waals surface area contributed by atoms with Crippen molar-refractivity contribution in [3.63, 3.8) is 0 Å². The Balaban J connectivity index is 1.39. The highest BCUT2D eigenvalue weighted by Crippen LogP contribution is 2.34. The van der Waals surface area contributed by atoms with Crippen LogP contribution in [0.4, 0.5) is 5.69 Å². The molecule has 184 valence electrons. The summed E-state index contributed by atoms with van der Waals surface area (Å²) in [5.74, 6) is -2.04. The highest BCUT2D eigenvalue weighted by atomic mass is 16.2. The van der Waals surface area contributed by atoms with E-state index in [9.17, 15) is 24.0 Å². The lowest BCUT2D eigenvalue weighted by Gasteiger charge is -2.37. The van der Waals surface area contributed by atoms with Gasteiger partial charge in [-0.3, -0.25) is 34.2 Å². The van der Waals surface area contributed by atoms with Crippen LogP contribution in [-0.4, -0.2) is 78.1 Å². The number of benzene rings is 1. The number of nitrogens with zero attached hydrogens (tertiary/aromatic N) is 6. The van der Waals surface area contributed by atoms with E-state index in [0.29, 0.717) is 44.8 Å². The van der Waals surface area contributed by atoms with Crippen LogP contribution in [0.3, 0.4) is 0 Å². The van der Waals surface area contributed by atoms with Gasteiger partial charge >= 0.3 is 0 Å². The molecule has 4 rings (SSSR count). The molecule has 1 unspecified atom stereocenters. The second-order valence-corrected chi connectivity index (χ2v) is 8.78. The zero-order valence-corrected chi connectivity index (χ0v) is 19.3. The molecule has 0 spiro atoms. The summed E-state index contributed by atoms with van der Waals surface area (Å²) in [5.41, 5.74) is 9.41. The number of nitrogens with one attached hydrogen (secondary N) is 1. The summed E-state index contributed by atoms with van der Waals surface area (Å²) in [6.45, 7) is 2.46. The minimum atomic E-state index is -1.01. The van der Waals surface area contributed by atoms with Crippen molar-refractivity contribution < 1.29 is 24.0 Å². The van der Waals surface area contributed by atoms with E-state index in [1.807, 2.05) is 4.90 Å². The van der Waals surface area contributed by atoms with Crippen LogP contribution in [-0.2, 0) is 14.4 Å². The summed E-state index contributed by atoms with van der Waals surface area (Å²) in [7, 11) is 0. The van der Waals surface area contributed by atoms with E-state index in [2.05, 4.69) is 15.3 Å². The largest absolute Gasteiger partial charge is 0.367 e. The van der Waals surface area contributed by atoms with E-state index in [1.165, 1.54) is 0 Å². The van der Waals surface area contributed by atoms with Crippen molar-refractivity contribution in [2.75, 3.05) is 37.6 Å². The second-order valence-electron chi connectivity index (χ2n) is 8.78. The van der Waals surface area contributed by atoms with Gasteiger partial charge in [-0.05, 0) is 36.9 Å². The molecule has 2 fully saturated rings. The van der Waals surface area contributed by atoms with Gasteiger partial charge in [-0.15, -0.1) is 0 Å². The van der Waals surface area contributed by atoms with Gasteiger partial charge in [0.1, 0.15) is 6.04 Å². The fraction of sp³-hybridized carbons (Fsp3) is 0.522. The quantitative estimate of drug-likeness (QED) is 0.195. The Bertz CT molecular complexity index is 1110. The smallest absolute Gasteiger partial charge is 0.264 e. The molecule has 3 heterocycles. The molecule has 1 N–H and O–H groups in total. The van der Waals surface area contributed by atoms with E-state index in [-0.39, 0.29) is 29.9 Å². The van der Waals surface area contributed by atoms with Crippen LogP contribution in [0.1, 0.15) is 59.2 Å². The van der Waals surface area contributed by atoms with Gasteiger partial charge in [0.25, 0.3) is 11.8 Å². The summed E-state index contributed by atoms with van der Waals surface area (Å²) >= 11 is 0. The summed E-state index contributed by atoms with van der Waals surface area (Å²) < 4.78 is 0. The first kappa shape index (κ1) is 24.2. The molecule has 35 heavy (non-hydrogen) atoms. The third-order valence-electron chi connectivity index (χ3n) is 6.63.